The van der Waals surface area contributed by atoms with E-state index in [0.717, 1.165) is 16.8 Å². The zero-order valence-electron chi connectivity index (χ0n) is 9.55. The Morgan fingerprint density at radius 2 is 2.06 bits per heavy atom. The molecule has 1 aromatic heterocycles. The summed E-state index contributed by atoms with van der Waals surface area (Å²) < 4.78 is 5.12. The lowest BCUT2D eigenvalue weighted by Gasteiger charge is -2.08. The molecule has 3 nitrogen and oxygen atoms in total. The van der Waals surface area contributed by atoms with Crippen LogP contribution in [0.5, 0.6) is 5.75 Å². The third-order valence-corrected chi connectivity index (χ3v) is 2.49. The Morgan fingerprint density at radius 3 is 2.71 bits per heavy atom. The van der Waals surface area contributed by atoms with Gasteiger partial charge >= 0.3 is 0 Å². The van der Waals surface area contributed by atoms with Gasteiger partial charge in [-0.3, -0.25) is 4.98 Å². The Kier molecular flexibility index (Phi) is 3.37. The van der Waals surface area contributed by atoms with Crippen molar-refractivity contribution in [3.05, 3.63) is 48.2 Å². The van der Waals surface area contributed by atoms with E-state index in [2.05, 4.69) is 11.1 Å². The molecule has 2 aromatic rings. The number of rotatable bonds is 3. The average Bonchev–Trinajstić information content (AvgIpc) is 2.40. The highest BCUT2D eigenvalue weighted by Gasteiger charge is 2.07. The van der Waals surface area contributed by atoms with Crippen LogP contribution in [0.2, 0.25) is 0 Å². The number of pyridine rings is 1. The van der Waals surface area contributed by atoms with E-state index in [4.69, 9.17) is 10.00 Å². The summed E-state index contributed by atoms with van der Waals surface area (Å²) in [5.41, 5.74) is 2.74. The van der Waals surface area contributed by atoms with Crippen LogP contribution >= 0.6 is 0 Å². The molecule has 17 heavy (non-hydrogen) atoms. The van der Waals surface area contributed by atoms with Gasteiger partial charge in [-0.15, -0.1) is 0 Å². The van der Waals surface area contributed by atoms with Gasteiger partial charge in [0.1, 0.15) is 5.75 Å². The summed E-state index contributed by atoms with van der Waals surface area (Å²) in [6.07, 6.45) is 2.00. The first-order valence-electron chi connectivity index (χ1n) is 5.30. The molecule has 0 fully saturated rings. The molecule has 0 saturated carbocycles. The first-order valence-corrected chi connectivity index (χ1v) is 5.30. The van der Waals surface area contributed by atoms with Crippen molar-refractivity contribution in [3.63, 3.8) is 0 Å². The summed E-state index contributed by atoms with van der Waals surface area (Å²) in [7, 11) is 1.59. The fraction of sp³-hybridized carbons (Fsp3) is 0.143. The summed E-state index contributed by atoms with van der Waals surface area (Å²) in [4.78, 5) is 4.36. The Labute approximate surface area is 100 Å². The average molecular weight is 224 g/mol. The van der Waals surface area contributed by atoms with Gasteiger partial charge in [-0.05, 0) is 11.6 Å². The van der Waals surface area contributed by atoms with Crippen LogP contribution in [0.3, 0.4) is 0 Å². The molecule has 2 rings (SSSR count). The van der Waals surface area contributed by atoms with Gasteiger partial charge in [0, 0.05) is 5.56 Å². The number of benzene rings is 1. The second-order valence-corrected chi connectivity index (χ2v) is 3.58. The van der Waals surface area contributed by atoms with Crippen molar-refractivity contribution in [2.75, 3.05) is 7.11 Å². The van der Waals surface area contributed by atoms with Crippen LogP contribution in [-0.4, -0.2) is 12.1 Å². The molecular weight excluding hydrogens is 212 g/mol. The van der Waals surface area contributed by atoms with E-state index < -0.39 is 0 Å². The molecule has 3 heteroatoms. The summed E-state index contributed by atoms with van der Waals surface area (Å²) >= 11 is 0. The highest BCUT2D eigenvalue weighted by Crippen LogP contribution is 2.24. The standard InChI is InChI=1S/C14H12N2O/c1-17-13-9-12(7-8-15)14(16-10-13)11-5-3-2-4-6-11/h2-6,9-10H,7H2,1H3. The lowest BCUT2D eigenvalue weighted by molar-refractivity contribution is 0.412. The molecular formula is C14H12N2O. The largest absolute Gasteiger partial charge is 0.495 e. The molecule has 0 unspecified atom stereocenters. The van der Waals surface area contributed by atoms with Crippen LogP contribution in [0.1, 0.15) is 5.56 Å². The molecule has 0 spiro atoms. The number of methoxy groups -OCH3 is 1. The van der Waals surface area contributed by atoms with Crippen LogP contribution in [0, 0.1) is 11.3 Å². The smallest absolute Gasteiger partial charge is 0.137 e. The normalized spacial score (nSPS) is 9.65. The first-order chi connectivity index (χ1) is 8.35. The monoisotopic (exact) mass is 224 g/mol. The maximum atomic E-state index is 8.84. The quantitative estimate of drug-likeness (QED) is 0.805. The number of hydrogen-bond donors (Lipinski definition) is 0. The lowest BCUT2D eigenvalue weighted by atomic mass is 10.0. The van der Waals surface area contributed by atoms with Crippen molar-refractivity contribution < 1.29 is 4.74 Å². The third-order valence-electron chi connectivity index (χ3n) is 2.49. The third kappa shape index (κ3) is 2.43. The fourth-order valence-electron chi connectivity index (χ4n) is 1.68. The number of hydrogen-bond acceptors (Lipinski definition) is 3. The van der Waals surface area contributed by atoms with E-state index in [-0.39, 0.29) is 0 Å². The van der Waals surface area contributed by atoms with Gasteiger partial charge in [0.05, 0.1) is 31.5 Å². The van der Waals surface area contributed by atoms with Gasteiger partial charge in [0.15, 0.2) is 0 Å². The summed E-state index contributed by atoms with van der Waals surface area (Å²) in [6.45, 7) is 0. The molecule has 84 valence electrons. The maximum absolute atomic E-state index is 8.84. The minimum atomic E-state index is 0.328. The van der Waals surface area contributed by atoms with Crippen LogP contribution < -0.4 is 4.74 Å². The van der Waals surface area contributed by atoms with Gasteiger partial charge < -0.3 is 4.74 Å². The lowest BCUT2D eigenvalue weighted by Crippen LogP contribution is -1.94. The fourth-order valence-corrected chi connectivity index (χ4v) is 1.68. The van der Waals surface area contributed by atoms with Gasteiger partial charge in [0.25, 0.3) is 0 Å². The SMILES string of the molecule is COc1cnc(-c2ccccc2)c(CC#N)c1. The molecule has 0 N–H and O–H groups in total. The van der Waals surface area contributed by atoms with Gasteiger partial charge in [-0.25, -0.2) is 0 Å². The predicted molar refractivity (Wildman–Crippen MR) is 65.5 cm³/mol. The Morgan fingerprint density at radius 1 is 1.29 bits per heavy atom. The summed E-state index contributed by atoms with van der Waals surface area (Å²) in [5.74, 6) is 0.676. The molecule has 0 aliphatic rings. The second kappa shape index (κ2) is 5.13. The number of ether oxygens (including phenoxy) is 1. The zero-order chi connectivity index (χ0) is 12.1. The van der Waals surface area contributed by atoms with Gasteiger partial charge in [-0.2, -0.15) is 5.26 Å². The van der Waals surface area contributed by atoms with Crippen molar-refractivity contribution in [1.82, 2.24) is 4.98 Å². The maximum Gasteiger partial charge on any atom is 0.137 e. The topological polar surface area (TPSA) is 45.9 Å². The molecule has 1 aromatic carbocycles. The predicted octanol–water partition coefficient (Wildman–Crippen LogP) is 2.82. The zero-order valence-corrected chi connectivity index (χ0v) is 9.55. The minimum absolute atomic E-state index is 0.328. The molecule has 0 amide bonds. The van der Waals surface area contributed by atoms with Crippen molar-refractivity contribution in [3.8, 4) is 23.1 Å². The van der Waals surface area contributed by atoms with E-state index >= 15 is 0 Å². The second-order valence-electron chi connectivity index (χ2n) is 3.58. The van der Waals surface area contributed by atoms with Gasteiger partial charge in [0.2, 0.25) is 0 Å². The van der Waals surface area contributed by atoms with E-state index in [1.807, 2.05) is 36.4 Å². The molecule has 0 saturated heterocycles. The van der Waals surface area contributed by atoms with Crippen molar-refractivity contribution >= 4 is 0 Å². The molecule has 0 aliphatic heterocycles. The van der Waals surface area contributed by atoms with E-state index in [0.29, 0.717) is 12.2 Å². The molecule has 0 atom stereocenters. The number of nitrogens with zero attached hydrogens (tertiary/aromatic N) is 2. The van der Waals surface area contributed by atoms with Crippen LogP contribution in [0.4, 0.5) is 0 Å². The van der Waals surface area contributed by atoms with E-state index in [1.165, 1.54) is 0 Å². The summed E-state index contributed by atoms with van der Waals surface area (Å²) in [5, 5.41) is 8.84. The first kappa shape index (κ1) is 11.2. The minimum Gasteiger partial charge on any atom is -0.495 e. The molecule has 0 radical (unpaired) electrons. The molecule has 0 aliphatic carbocycles. The van der Waals surface area contributed by atoms with Gasteiger partial charge in [-0.1, -0.05) is 30.3 Å². The Hall–Kier alpha value is -2.34. The van der Waals surface area contributed by atoms with Crippen molar-refractivity contribution in [1.29, 1.82) is 5.26 Å². The summed E-state index contributed by atoms with van der Waals surface area (Å²) in [6, 6.07) is 13.8. The van der Waals surface area contributed by atoms with Crippen LogP contribution in [0.25, 0.3) is 11.3 Å². The molecule has 0 bridgehead atoms. The highest BCUT2D eigenvalue weighted by molar-refractivity contribution is 5.64. The van der Waals surface area contributed by atoms with Crippen LogP contribution in [-0.2, 0) is 6.42 Å². The van der Waals surface area contributed by atoms with E-state index in [1.54, 1.807) is 13.3 Å². The molecule has 1 heterocycles. The Bertz CT molecular complexity index is 544. The van der Waals surface area contributed by atoms with E-state index in [9.17, 15) is 0 Å². The highest BCUT2D eigenvalue weighted by atomic mass is 16.5. The van der Waals surface area contributed by atoms with Crippen LogP contribution in [0.15, 0.2) is 42.6 Å². The number of aromatic nitrogens is 1. The number of nitriles is 1. The Balaban J connectivity index is 2.50. The van der Waals surface area contributed by atoms with Crippen molar-refractivity contribution in [2.45, 2.75) is 6.42 Å². The van der Waals surface area contributed by atoms with Crippen molar-refractivity contribution in [2.24, 2.45) is 0 Å².